The third-order valence-electron chi connectivity index (χ3n) is 7.45. The summed E-state index contributed by atoms with van der Waals surface area (Å²) in [5.74, 6) is 0. The van der Waals surface area contributed by atoms with Crippen LogP contribution in [0.5, 0.6) is 0 Å². The van der Waals surface area contributed by atoms with Crippen LogP contribution in [0.1, 0.15) is 5.56 Å². The SMILES string of the molecule is c1ccc(CN2CC(PPc3ccccc3-c3ccccc3)C(PPc3ccccc3-c3ccccc3)C2)cc1. The van der Waals surface area contributed by atoms with Gasteiger partial charge in [0.25, 0.3) is 0 Å². The summed E-state index contributed by atoms with van der Waals surface area (Å²) in [4.78, 5) is 2.73. The van der Waals surface area contributed by atoms with E-state index in [9.17, 15) is 0 Å². The van der Waals surface area contributed by atoms with E-state index in [4.69, 9.17) is 0 Å². The van der Waals surface area contributed by atoms with E-state index in [1.54, 1.807) is 0 Å². The van der Waals surface area contributed by atoms with Crippen LogP contribution in [0.15, 0.2) is 140 Å². The Hall–Kier alpha value is -2.22. The lowest BCUT2D eigenvalue weighted by Gasteiger charge is -2.20. The number of hydrogen-bond acceptors (Lipinski definition) is 1. The van der Waals surface area contributed by atoms with Gasteiger partial charge in [-0.05, 0) is 38.4 Å². The molecule has 200 valence electrons. The van der Waals surface area contributed by atoms with Gasteiger partial charge in [-0.3, -0.25) is 4.90 Å². The average Bonchev–Trinajstić information content (AvgIpc) is 3.41. The van der Waals surface area contributed by atoms with Crippen molar-refractivity contribution in [3.63, 3.8) is 0 Å². The zero-order valence-electron chi connectivity index (χ0n) is 22.5. The molecular formula is C35H35NP4. The van der Waals surface area contributed by atoms with E-state index in [2.05, 4.69) is 144 Å². The van der Waals surface area contributed by atoms with Gasteiger partial charge in [0, 0.05) is 31.0 Å². The van der Waals surface area contributed by atoms with Crippen molar-refractivity contribution in [2.45, 2.75) is 17.9 Å². The summed E-state index contributed by atoms with van der Waals surface area (Å²) < 4.78 is 0. The second-order valence-electron chi connectivity index (χ2n) is 10.3. The molecule has 1 nitrogen and oxygen atoms in total. The molecular weight excluding hydrogens is 558 g/mol. The van der Waals surface area contributed by atoms with Crippen molar-refractivity contribution in [2.24, 2.45) is 0 Å². The van der Waals surface area contributed by atoms with Crippen LogP contribution in [-0.4, -0.2) is 29.3 Å². The van der Waals surface area contributed by atoms with Crippen molar-refractivity contribution >= 4 is 43.7 Å². The van der Waals surface area contributed by atoms with Crippen LogP contribution in [0.3, 0.4) is 0 Å². The summed E-state index contributed by atoms with van der Waals surface area (Å²) >= 11 is 0. The highest BCUT2D eigenvalue weighted by Crippen LogP contribution is 2.54. The standard InChI is InChI=1S/C35H35NP4/c1-4-14-27(15-5-1)24-36-25-34(39-37-32-22-12-10-20-30(32)28-16-6-2-7-17-28)35(26-36)40-38-33-23-13-11-21-31(33)29-18-8-3-9-19-29/h1-23,34-35,37-40H,24-26H2. The van der Waals surface area contributed by atoms with Crippen molar-refractivity contribution in [3.05, 3.63) is 145 Å². The second-order valence-corrected chi connectivity index (χ2v) is 17.1. The Morgan fingerprint density at radius 3 is 1.35 bits per heavy atom. The fourth-order valence-electron chi connectivity index (χ4n) is 5.41. The van der Waals surface area contributed by atoms with Gasteiger partial charge in [-0.25, -0.2) is 0 Å². The fraction of sp³-hybridized carbons (Fsp3) is 0.143. The lowest BCUT2D eigenvalue weighted by atomic mass is 10.1. The molecule has 40 heavy (non-hydrogen) atoms. The van der Waals surface area contributed by atoms with Crippen molar-refractivity contribution in [2.75, 3.05) is 13.1 Å². The van der Waals surface area contributed by atoms with E-state index in [0.717, 1.165) is 50.9 Å². The smallest absolute Gasteiger partial charge is 0.0234 e. The molecule has 5 aromatic rings. The molecule has 1 saturated heterocycles. The van der Waals surface area contributed by atoms with Crippen LogP contribution in [0, 0.1) is 0 Å². The second kappa shape index (κ2) is 14.1. The summed E-state index contributed by atoms with van der Waals surface area (Å²) in [6.45, 7) is 3.50. The lowest BCUT2D eigenvalue weighted by molar-refractivity contribution is 0.333. The van der Waals surface area contributed by atoms with Gasteiger partial charge in [0.15, 0.2) is 0 Å². The van der Waals surface area contributed by atoms with Crippen LogP contribution in [0.2, 0.25) is 0 Å². The predicted molar refractivity (Wildman–Crippen MR) is 186 cm³/mol. The predicted octanol–water partition coefficient (Wildman–Crippen LogP) is 8.77. The molecule has 5 aromatic carbocycles. The Kier molecular flexibility index (Phi) is 9.85. The van der Waals surface area contributed by atoms with Crippen LogP contribution in [-0.2, 0) is 6.54 Å². The van der Waals surface area contributed by atoms with Crippen LogP contribution in [0.4, 0.5) is 0 Å². The van der Waals surface area contributed by atoms with Crippen molar-refractivity contribution < 1.29 is 0 Å². The van der Waals surface area contributed by atoms with E-state index >= 15 is 0 Å². The third-order valence-corrected chi connectivity index (χ3v) is 16.1. The van der Waals surface area contributed by atoms with Gasteiger partial charge in [0.1, 0.15) is 0 Å². The fourth-order valence-corrected chi connectivity index (χ4v) is 15.1. The lowest BCUT2D eigenvalue weighted by Crippen LogP contribution is -2.20. The largest absolute Gasteiger partial charge is 0.298 e. The topological polar surface area (TPSA) is 3.24 Å². The van der Waals surface area contributed by atoms with Crippen molar-refractivity contribution in [1.82, 2.24) is 4.90 Å². The van der Waals surface area contributed by atoms with Crippen LogP contribution in [0.25, 0.3) is 22.3 Å². The van der Waals surface area contributed by atoms with E-state index in [0.29, 0.717) is 0 Å². The van der Waals surface area contributed by atoms with E-state index in [-0.39, 0.29) is 0 Å². The summed E-state index contributed by atoms with van der Waals surface area (Å²) in [5, 5.41) is 3.04. The number of nitrogens with zero attached hydrogens (tertiary/aromatic N) is 1. The molecule has 0 bridgehead atoms. The van der Waals surface area contributed by atoms with Crippen molar-refractivity contribution in [3.8, 4) is 22.3 Å². The van der Waals surface area contributed by atoms with E-state index in [1.165, 1.54) is 51.5 Å². The Labute approximate surface area is 246 Å². The highest BCUT2D eigenvalue weighted by atomic mass is 32.0. The first-order valence-corrected chi connectivity index (χ1v) is 20.1. The molecule has 6 rings (SSSR count). The molecule has 0 radical (unpaired) electrons. The van der Waals surface area contributed by atoms with Gasteiger partial charge in [-0.2, -0.15) is 0 Å². The monoisotopic (exact) mass is 593 g/mol. The molecule has 6 unspecified atom stereocenters. The summed E-state index contributed by atoms with van der Waals surface area (Å²) in [6, 6.07) is 51.0. The molecule has 6 atom stereocenters. The maximum Gasteiger partial charge on any atom is 0.0234 e. The first kappa shape index (κ1) is 27.9. The molecule has 0 saturated carbocycles. The molecule has 0 N–H and O–H groups in total. The first-order valence-electron chi connectivity index (χ1n) is 13.9. The number of hydrogen-bond donors (Lipinski definition) is 0. The quantitative estimate of drug-likeness (QED) is 0.146. The molecule has 1 aliphatic heterocycles. The molecule has 0 spiro atoms. The van der Waals surface area contributed by atoms with Crippen LogP contribution >= 0.6 is 33.1 Å². The minimum absolute atomic E-state index is 0.764. The molecule has 0 aliphatic carbocycles. The Morgan fingerprint density at radius 2 is 0.875 bits per heavy atom. The van der Waals surface area contributed by atoms with E-state index in [1.807, 2.05) is 0 Å². The zero-order chi connectivity index (χ0) is 27.0. The maximum absolute atomic E-state index is 2.73. The van der Waals surface area contributed by atoms with Crippen molar-refractivity contribution in [1.29, 1.82) is 0 Å². The highest BCUT2D eigenvalue weighted by Gasteiger charge is 2.32. The molecule has 1 heterocycles. The summed E-state index contributed by atoms with van der Waals surface area (Å²) in [7, 11) is 3.66. The van der Waals surface area contributed by atoms with Gasteiger partial charge in [-0.1, -0.05) is 173 Å². The van der Waals surface area contributed by atoms with Crippen LogP contribution < -0.4 is 10.6 Å². The normalized spacial score (nSPS) is 18.4. The molecule has 5 heteroatoms. The van der Waals surface area contributed by atoms with Gasteiger partial charge < -0.3 is 0 Å². The van der Waals surface area contributed by atoms with Gasteiger partial charge in [0.05, 0.1) is 0 Å². The summed E-state index contributed by atoms with van der Waals surface area (Å²) in [5.41, 5.74) is 8.45. The molecule has 0 aromatic heterocycles. The number of likely N-dealkylation sites (tertiary alicyclic amines) is 1. The minimum Gasteiger partial charge on any atom is -0.298 e. The number of benzene rings is 5. The third kappa shape index (κ3) is 7.15. The maximum atomic E-state index is 2.73. The van der Waals surface area contributed by atoms with E-state index < -0.39 is 0 Å². The Bertz CT molecular complexity index is 1400. The summed E-state index contributed by atoms with van der Waals surface area (Å²) in [6.07, 6.45) is 0. The number of rotatable bonds is 10. The van der Waals surface area contributed by atoms with Gasteiger partial charge in [-0.15, -0.1) is 0 Å². The van der Waals surface area contributed by atoms with Gasteiger partial charge >= 0.3 is 0 Å². The molecule has 0 amide bonds. The minimum atomic E-state index is 0.764. The Balaban J connectivity index is 1.19. The molecule has 1 fully saturated rings. The molecule has 1 aliphatic rings. The highest BCUT2D eigenvalue weighted by molar-refractivity contribution is 8.17. The first-order chi connectivity index (χ1) is 19.8. The average molecular weight is 594 g/mol. The van der Waals surface area contributed by atoms with Gasteiger partial charge in [0.2, 0.25) is 0 Å². The Morgan fingerprint density at radius 1 is 0.475 bits per heavy atom. The zero-order valence-corrected chi connectivity index (χ0v) is 26.5.